The van der Waals surface area contributed by atoms with Gasteiger partial charge in [-0.25, -0.2) is 13.1 Å². The Morgan fingerprint density at radius 3 is 2.35 bits per heavy atom. The molecule has 3 N–H and O–H groups in total. The lowest BCUT2D eigenvalue weighted by atomic mass is 9.95. The molecular formula is C11H20N2O2S2. The molecule has 0 amide bonds. The minimum atomic E-state index is -3.40. The third-order valence-electron chi connectivity index (χ3n) is 3.00. The van der Waals surface area contributed by atoms with Gasteiger partial charge in [-0.1, -0.05) is 13.8 Å². The SMILES string of the molecule is CCC(N)(CC)CNS(=O)(=O)c1ccc(C)s1. The predicted octanol–water partition coefficient (Wildman–Crippen LogP) is 1.85. The van der Waals surface area contributed by atoms with Crippen molar-refractivity contribution < 1.29 is 8.42 Å². The number of rotatable bonds is 6. The Bertz CT molecular complexity index is 462. The van der Waals surface area contributed by atoms with Gasteiger partial charge in [0.25, 0.3) is 0 Å². The van der Waals surface area contributed by atoms with E-state index < -0.39 is 15.6 Å². The Labute approximate surface area is 107 Å². The fraction of sp³-hybridized carbons (Fsp3) is 0.636. The molecule has 1 rings (SSSR count). The van der Waals surface area contributed by atoms with Crippen LogP contribution in [0.25, 0.3) is 0 Å². The summed E-state index contributed by atoms with van der Waals surface area (Å²) in [5.74, 6) is 0. The van der Waals surface area contributed by atoms with Crippen LogP contribution in [-0.2, 0) is 10.0 Å². The van der Waals surface area contributed by atoms with E-state index in [1.165, 1.54) is 11.3 Å². The molecule has 0 unspecified atom stereocenters. The molecule has 17 heavy (non-hydrogen) atoms. The summed E-state index contributed by atoms with van der Waals surface area (Å²) in [5, 5.41) is 0. The van der Waals surface area contributed by atoms with Crippen LogP contribution < -0.4 is 10.5 Å². The van der Waals surface area contributed by atoms with Crippen molar-refractivity contribution in [1.29, 1.82) is 0 Å². The molecule has 98 valence electrons. The average Bonchev–Trinajstić information content (AvgIpc) is 2.74. The highest BCUT2D eigenvalue weighted by Gasteiger charge is 2.24. The lowest BCUT2D eigenvalue weighted by Gasteiger charge is -2.26. The number of thiophene rings is 1. The predicted molar refractivity (Wildman–Crippen MR) is 71.7 cm³/mol. The number of nitrogens with two attached hydrogens (primary N) is 1. The third kappa shape index (κ3) is 3.77. The Balaban J connectivity index is 2.75. The van der Waals surface area contributed by atoms with Gasteiger partial charge in [0.05, 0.1) is 0 Å². The van der Waals surface area contributed by atoms with E-state index in [0.717, 1.165) is 17.7 Å². The summed E-state index contributed by atoms with van der Waals surface area (Å²) >= 11 is 1.27. The summed E-state index contributed by atoms with van der Waals surface area (Å²) in [4.78, 5) is 0.982. The molecule has 6 heteroatoms. The van der Waals surface area contributed by atoms with Crippen molar-refractivity contribution in [2.45, 2.75) is 43.4 Å². The average molecular weight is 276 g/mol. The third-order valence-corrected chi connectivity index (χ3v) is 5.90. The smallest absolute Gasteiger partial charge is 0.250 e. The fourth-order valence-electron chi connectivity index (χ4n) is 1.37. The largest absolute Gasteiger partial charge is 0.324 e. The molecular weight excluding hydrogens is 256 g/mol. The summed E-state index contributed by atoms with van der Waals surface area (Å²) in [5.41, 5.74) is 5.60. The van der Waals surface area contributed by atoms with Gasteiger partial charge in [-0.2, -0.15) is 0 Å². The Morgan fingerprint density at radius 2 is 1.94 bits per heavy atom. The van der Waals surface area contributed by atoms with Gasteiger partial charge in [-0.3, -0.25) is 0 Å². The number of sulfonamides is 1. The molecule has 0 atom stereocenters. The molecule has 0 aliphatic carbocycles. The van der Waals surface area contributed by atoms with Crippen LogP contribution in [-0.4, -0.2) is 20.5 Å². The summed E-state index contributed by atoms with van der Waals surface area (Å²) < 4.78 is 26.9. The van der Waals surface area contributed by atoms with Crippen LogP contribution in [0.5, 0.6) is 0 Å². The zero-order valence-corrected chi connectivity index (χ0v) is 12.1. The maximum Gasteiger partial charge on any atom is 0.250 e. The second-order valence-electron chi connectivity index (χ2n) is 4.26. The second kappa shape index (κ2) is 5.48. The Morgan fingerprint density at radius 1 is 1.35 bits per heavy atom. The van der Waals surface area contributed by atoms with E-state index >= 15 is 0 Å². The Hall–Kier alpha value is -0.430. The van der Waals surface area contributed by atoms with Gasteiger partial charge < -0.3 is 5.73 Å². The molecule has 1 aromatic rings. The first kappa shape index (κ1) is 14.6. The van der Waals surface area contributed by atoms with Gasteiger partial charge in [0.2, 0.25) is 10.0 Å². The molecule has 0 aliphatic rings. The lowest BCUT2D eigenvalue weighted by Crippen LogP contribution is -2.49. The Kier molecular flexibility index (Phi) is 4.71. The molecule has 0 aromatic carbocycles. The van der Waals surface area contributed by atoms with Crippen molar-refractivity contribution in [3.05, 3.63) is 17.0 Å². The number of aryl methyl sites for hydroxylation is 1. The normalized spacial score (nSPS) is 12.9. The van der Waals surface area contributed by atoms with Crippen molar-refractivity contribution >= 4 is 21.4 Å². The molecule has 0 radical (unpaired) electrons. The standard InChI is InChI=1S/C11H20N2O2S2/c1-4-11(12,5-2)8-13-17(14,15)10-7-6-9(3)16-10/h6-7,13H,4-5,8,12H2,1-3H3. The molecule has 0 saturated carbocycles. The zero-order valence-electron chi connectivity index (χ0n) is 10.5. The van der Waals surface area contributed by atoms with E-state index in [4.69, 9.17) is 5.73 Å². The van der Waals surface area contributed by atoms with Gasteiger partial charge in [0, 0.05) is 17.0 Å². The topological polar surface area (TPSA) is 72.2 Å². The molecule has 0 bridgehead atoms. The lowest BCUT2D eigenvalue weighted by molar-refractivity contribution is 0.392. The van der Waals surface area contributed by atoms with Crippen molar-refractivity contribution in [2.75, 3.05) is 6.54 Å². The molecule has 4 nitrogen and oxygen atoms in total. The van der Waals surface area contributed by atoms with Crippen LogP contribution in [0.15, 0.2) is 16.3 Å². The van der Waals surface area contributed by atoms with E-state index in [1.54, 1.807) is 12.1 Å². The highest BCUT2D eigenvalue weighted by atomic mass is 32.2. The maximum atomic E-state index is 12.0. The van der Waals surface area contributed by atoms with E-state index in [0.29, 0.717) is 4.21 Å². The van der Waals surface area contributed by atoms with Gasteiger partial charge in [0.15, 0.2) is 0 Å². The molecule has 1 aromatic heterocycles. The summed E-state index contributed by atoms with van der Waals surface area (Å²) in [6, 6.07) is 3.42. The van der Waals surface area contributed by atoms with E-state index in [-0.39, 0.29) is 6.54 Å². The second-order valence-corrected chi connectivity index (χ2v) is 7.54. The minimum Gasteiger partial charge on any atom is -0.324 e. The van der Waals surface area contributed by atoms with Crippen molar-refractivity contribution in [3.63, 3.8) is 0 Å². The first-order chi connectivity index (χ1) is 7.83. The summed E-state index contributed by atoms with van der Waals surface area (Å²) in [6.07, 6.45) is 1.49. The highest BCUT2D eigenvalue weighted by Crippen LogP contribution is 2.21. The van der Waals surface area contributed by atoms with Crippen LogP contribution in [0, 0.1) is 6.92 Å². The molecule has 0 fully saturated rings. The number of nitrogens with one attached hydrogen (secondary N) is 1. The van der Waals surface area contributed by atoms with Crippen molar-refractivity contribution in [2.24, 2.45) is 5.73 Å². The number of hydrogen-bond acceptors (Lipinski definition) is 4. The maximum absolute atomic E-state index is 12.0. The van der Waals surface area contributed by atoms with Crippen LogP contribution in [0.1, 0.15) is 31.6 Å². The fourth-order valence-corrected chi connectivity index (χ4v) is 3.83. The minimum absolute atomic E-state index is 0.277. The molecule has 1 heterocycles. The monoisotopic (exact) mass is 276 g/mol. The van der Waals surface area contributed by atoms with Gasteiger partial charge in [-0.15, -0.1) is 11.3 Å². The summed E-state index contributed by atoms with van der Waals surface area (Å²) in [7, 11) is -3.40. The van der Waals surface area contributed by atoms with Crippen LogP contribution >= 0.6 is 11.3 Å². The van der Waals surface area contributed by atoms with E-state index in [2.05, 4.69) is 4.72 Å². The van der Waals surface area contributed by atoms with Gasteiger partial charge in [-0.05, 0) is 31.9 Å². The zero-order chi connectivity index (χ0) is 13.1. The molecule has 0 aliphatic heterocycles. The first-order valence-corrected chi connectivity index (χ1v) is 7.98. The van der Waals surface area contributed by atoms with E-state index in [1.807, 2.05) is 20.8 Å². The van der Waals surface area contributed by atoms with Gasteiger partial charge in [0.1, 0.15) is 4.21 Å². The quantitative estimate of drug-likeness (QED) is 0.833. The van der Waals surface area contributed by atoms with Crippen molar-refractivity contribution in [1.82, 2.24) is 4.72 Å². The van der Waals surface area contributed by atoms with Gasteiger partial charge >= 0.3 is 0 Å². The molecule has 0 spiro atoms. The first-order valence-electron chi connectivity index (χ1n) is 5.68. The van der Waals surface area contributed by atoms with Crippen molar-refractivity contribution in [3.8, 4) is 0 Å². The van der Waals surface area contributed by atoms with Crippen LogP contribution in [0.4, 0.5) is 0 Å². The summed E-state index contributed by atoms with van der Waals surface area (Å²) in [6.45, 7) is 6.09. The molecule has 0 saturated heterocycles. The highest BCUT2D eigenvalue weighted by molar-refractivity contribution is 7.91. The van der Waals surface area contributed by atoms with Crippen LogP contribution in [0.2, 0.25) is 0 Å². The van der Waals surface area contributed by atoms with Crippen LogP contribution in [0.3, 0.4) is 0 Å². The van der Waals surface area contributed by atoms with E-state index in [9.17, 15) is 8.42 Å². The number of hydrogen-bond donors (Lipinski definition) is 2.